The number of hydroxylamine groups is 2. The van der Waals surface area contributed by atoms with Crippen molar-refractivity contribution in [3.8, 4) is 0 Å². The summed E-state index contributed by atoms with van der Waals surface area (Å²) in [5.41, 5.74) is 0. The fourth-order valence-electron chi connectivity index (χ4n) is 1.13. The Kier molecular flexibility index (Phi) is 2.77. The average Bonchev–Trinajstić information content (AvgIpc) is 2.05. The Hall–Kier alpha value is -0.480. The SMILES string of the molecule is CON1CCC(N=O)CC1. The summed E-state index contributed by atoms with van der Waals surface area (Å²) in [6, 6.07) is 0.0198. The predicted octanol–water partition coefficient (Wildman–Crippen LogP) is 0.779. The number of nitroso groups, excluding NO2 is 1. The first-order valence-electron chi connectivity index (χ1n) is 3.48. The van der Waals surface area contributed by atoms with Crippen LogP contribution in [-0.2, 0) is 4.84 Å². The summed E-state index contributed by atoms with van der Waals surface area (Å²) in [5, 5.41) is 4.83. The van der Waals surface area contributed by atoms with Gasteiger partial charge in [-0.1, -0.05) is 5.18 Å². The van der Waals surface area contributed by atoms with Gasteiger partial charge in [0.05, 0.1) is 13.2 Å². The second-order valence-electron chi connectivity index (χ2n) is 2.45. The van der Waals surface area contributed by atoms with Crippen LogP contribution in [0.2, 0.25) is 0 Å². The minimum atomic E-state index is 0.0198. The Bertz CT molecular complexity index is 110. The zero-order chi connectivity index (χ0) is 7.40. The quantitative estimate of drug-likeness (QED) is 0.538. The minimum absolute atomic E-state index is 0.0198. The number of piperidine rings is 1. The van der Waals surface area contributed by atoms with E-state index in [-0.39, 0.29) is 6.04 Å². The molecule has 0 aromatic rings. The maximum Gasteiger partial charge on any atom is 0.0945 e. The lowest BCUT2D eigenvalue weighted by molar-refractivity contribution is -0.143. The molecule has 1 heterocycles. The predicted molar refractivity (Wildman–Crippen MR) is 37.4 cm³/mol. The summed E-state index contributed by atoms with van der Waals surface area (Å²) in [5.74, 6) is 0. The molecule has 1 saturated heterocycles. The molecule has 10 heavy (non-hydrogen) atoms. The highest BCUT2D eigenvalue weighted by Crippen LogP contribution is 2.12. The zero-order valence-electron chi connectivity index (χ0n) is 6.12. The third-order valence-electron chi connectivity index (χ3n) is 1.83. The van der Waals surface area contributed by atoms with Gasteiger partial charge in [-0.05, 0) is 12.8 Å². The topological polar surface area (TPSA) is 41.9 Å². The molecule has 4 heteroatoms. The molecule has 0 aromatic carbocycles. The lowest BCUT2D eigenvalue weighted by Crippen LogP contribution is -2.34. The first-order valence-corrected chi connectivity index (χ1v) is 3.48. The number of nitrogens with zero attached hydrogens (tertiary/aromatic N) is 2. The highest BCUT2D eigenvalue weighted by molar-refractivity contribution is 4.72. The van der Waals surface area contributed by atoms with Gasteiger partial charge in [0, 0.05) is 13.1 Å². The van der Waals surface area contributed by atoms with Crippen LogP contribution in [0.5, 0.6) is 0 Å². The highest BCUT2D eigenvalue weighted by Gasteiger charge is 2.18. The van der Waals surface area contributed by atoms with Gasteiger partial charge in [0.1, 0.15) is 0 Å². The molecular weight excluding hydrogens is 132 g/mol. The van der Waals surface area contributed by atoms with E-state index in [4.69, 9.17) is 4.84 Å². The second-order valence-corrected chi connectivity index (χ2v) is 2.45. The average molecular weight is 144 g/mol. The molecule has 0 saturated carbocycles. The van der Waals surface area contributed by atoms with Gasteiger partial charge in [0.2, 0.25) is 0 Å². The maximum absolute atomic E-state index is 10.0. The first-order chi connectivity index (χ1) is 4.86. The smallest absolute Gasteiger partial charge is 0.0945 e. The Morgan fingerprint density at radius 3 is 2.50 bits per heavy atom. The van der Waals surface area contributed by atoms with Crippen LogP contribution in [-0.4, -0.2) is 31.3 Å². The summed E-state index contributed by atoms with van der Waals surface area (Å²) in [6.45, 7) is 1.65. The number of hydrogen-bond acceptors (Lipinski definition) is 4. The van der Waals surface area contributed by atoms with Crippen LogP contribution in [0.25, 0.3) is 0 Å². The minimum Gasteiger partial charge on any atom is -0.302 e. The molecule has 1 rings (SSSR count). The lowest BCUT2D eigenvalue weighted by Gasteiger charge is -2.26. The molecule has 0 N–H and O–H groups in total. The normalized spacial score (nSPS) is 22.9. The Balaban J connectivity index is 2.23. The van der Waals surface area contributed by atoms with Crippen molar-refractivity contribution in [2.24, 2.45) is 5.18 Å². The summed E-state index contributed by atoms with van der Waals surface area (Å²) in [7, 11) is 1.65. The Morgan fingerprint density at radius 2 is 2.10 bits per heavy atom. The summed E-state index contributed by atoms with van der Waals surface area (Å²) in [4.78, 5) is 15.0. The molecule has 4 nitrogen and oxygen atoms in total. The molecule has 1 fully saturated rings. The van der Waals surface area contributed by atoms with Crippen LogP contribution in [0.3, 0.4) is 0 Å². The summed E-state index contributed by atoms with van der Waals surface area (Å²) in [6.07, 6.45) is 1.66. The molecule has 1 aliphatic heterocycles. The van der Waals surface area contributed by atoms with E-state index in [0.717, 1.165) is 25.9 Å². The third-order valence-corrected chi connectivity index (χ3v) is 1.83. The molecule has 0 spiro atoms. The van der Waals surface area contributed by atoms with E-state index in [1.54, 1.807) is 7.11 Å². The highest BCUT2D eigenvalue weighted by atomic mass is 16.7. The number of hydrogen-bond donors (Lipinski definition) is 0. The van der Waals surface area contributed by atoms with Crippen molar-refractivity contribution in [1.82, 2.24) is 5.06 Å². The van der Waals surface area contributed by atoms with Gasteiger partial charge in [0.15, 0.2) is 0 Å². The molecule has 58 valence electrons. The summed E-state index contributed by atoms with van der Waals surface area (Å²) < 4.78 is 0. The third kappa shape index (κ3) is 1.75. The van der Waals surface area contributed by atoms with Gasteiger partial charge in [-0.15, -0.1) is 0 Å². The van der Waals surface area contributed by atoms with Gasteiger partial charge in [0.25, 0.3) is 0 Å². The van der Waals surface area contributed by atoms with Crippen molar-refractivity contribution in [3.63, 3.8) is 0 Å². The monoisotopic (exact) mass is 144 g/mol. The van der Waals surface area contributed by atoms with E-state index in [1.165, 1.54) is 0 Å². The van der Waals surface area contributed by atoms with Crippen LogP contribution in [0.4, 0.5) is 0 Å². The van der Waals surface area contributed by atoms with Crippen LogP contribution in [0.1, 0.15) is 12.8 Å². The van der Waals surface area contributed by atoms with Crippen LogP contribution >= 0.6 is 0 Å². The van der Waals surface area contributed by atoms with Gasteiger partial charge >= 0.3 is 0 Å². The van der Waals surface area contributed by atoms with Crippen molar-refractivity contribution in [2.45, 2.75) is 18.9 Å². The van der Waals surface area contributed by atoms with E-state index in [2.05, 4.69) is 5.18 Å². The lowest BCUT2D eigenvalue weighted by atomic mass is 10.1. The van der Waals surface area contributed by atoms with E-state index in [0.29, 0.717) is 0 Å². The largest absolute Gasteiger partial charge is 0.302 e. The van der Waals surface area contributed by atoms with E-state index < -0.39 is 0 Å². The molecular formula is C6H12N2O2. The first kappa shape index (κ1) is 7.63. The fourth-order valence-corrected chi connectivity index (χ4v) is 1.13. The Morgan fingerprint density at radius 1 is 1.50 bits per heavy atom. The maximum atomic E-state index is 10.0. The van der Waals surface area contributed by atoms with Crippen molar-refractivity contribution in [2.75, 3.05) is 20.2 Å². The molecule has 0 radical (unpaired) electrons. The van der Waals surface area contributed by atoms with Crippen LogP contribution < -0.4 is 0 Å². The van der Waals surface area contributed by atoms with Gasteiger partial charge < -0.3 is 4.84 Å². The molecule has 1 aliphatic rings. The molecule has 0 aliphatic carbocycles. The van der Waals surface area contributed by atoms with E-state index in [9.17, 15) is 4.91 Å². The molecule has 0 aromatic heterocycles. The van der Waals surface area contributed by atoms with Crippen molar-refractivity contribution >= 4 is 0 Å². The van der Waals surface area contributed by atoms with Crippen LogP contribution in [0, 0.1) is 4.91 Å². The van der Waals surface area contributed by atoms with Gasteiger partial charge in [-0.3, -0.25) is 0 Å². The molecule has 0 unspecified atom stereocenters. The van der Waals surface area contributed by atoms with Crippen molar-refractivity contribution in [1.29, 1.82) is 0 Å². The van der Waals surface area contributed by atoms with Gasteiger partial charge in [-0.25, -0.2) is 0 Å². The molecule has 0 atom stereocenters. The fraction of sp³-hybridized carbons (Fsp3) is 1.00. The van der Waals surface area contributed by atoms with Crippen LogP contribution in [0.15, 0.2) is 5.18 Å². The Labute approximate surface area is 60.1 Å². The standard InChI is InChI=1S/C6H12N2O2/c1-10-8-4-2-6(7-9)3-5-8/h6H,2-5H2,1H3. The molecule has 0 bridgehead atoms. The van der Waals surface area contributed by atoms with Crippen molar-refractivity contribution in [3.05, 3.63) is 4.91 Å². The summed E-state index contributed by atoms with van der Waals surface area (Å²) >= 11 is 0. The number of rotatable bonds is 2. The van der Waals surface area contributed by atoms with Gasteiger partial charge in [-0.2, -0.15) is 9.97 Å². The zero-order valence-corrected chi connectivity index (χ0v) is 6.12. The second kappa shape index (κ2) is 3.63. The van der Waals surface area contributed by atoms with E-state index >= 15 is 0 Å². The van der Waals surface area contributed by atoms with Crippen molar-refractivity contribution < 1.29 is 4.84 Å². The van der Waals surface area contributed by atoms with E-state index in [1.807, 2.05) is 5.06 Å². The molecule has 0 amide bonds.